The van der Waals surface area contributed by atoms with E-state index in [0.29, 0.717) is 0 Å². The largest absolute Gasteiger partial charge is 0.295 e. The smallest absolute Gasteiger partial charge is 0.243 e. The predicted octanol–water partition coefficient (Wildman–Crippen LogP) is -0.473. The van der Waals surface area contributed by atoms with Crippen LogP contribution < -0.4 is 10.4 Å². The van der Waals surface area contributed by atoms with Crippen molar-refractivity contribution in [1.29, 1.82) is 0 Å². The highest BCUT2D eigenvalue weighted by atomic mass is 32.2. The van der Waals surface area contributed by atoms with E-state index in [0.717, 1.165) is 0 Å². The first kappa shape index (κ1) is 8.60. The maximum Gasteiger partial charge on any atom is 0.295 e. The topological polar surface area (TPSA) is 93.7 Å². The van der Waals surface area contributed by atoms with Gasteiger partial charge in [-0.25, -0.2) is 4.98 Å². The molecule has 1 aromatic rings. The van der Waals surface area contributed by atoms with Crippen LogP contribution in [0.15, 0.2) is 34.6 Å². The Morgan fingerprint density at radius 3 is 2.75 bits per heavy atom. The Labute approximate surface area is 69.2 Å². The molecular weight excluding hydrogens is 180 g/mol. The summed E-state index contributed by atoms with van der Waals surface area (Å²) in [6.45, 7) is 0. The predicted molar refractivity (Wildman–Crippen MR) is 39.1 cm³/mol. The van der Waals surface area contributed by atoms with Crippen LogP contribution in [0.3, 0.4) is 0 Å². The summed E-state index contributed by atoms with van der Waals surface area (Å²) in [5.41, 5.74) is 7.97. The molecule has 0 bridgehead atoms. The fourth-order valence-electron chi connectivity index (χ4n) is 0.607. The molecule has 1 rings (SSSR count). The van der Waals surface area contributed by atoms with Crippen molar-refractivity contribution in [3.05, 3.63) is 24.4 Å². The lowest BCUT2D eigenvalue weighted by atomic mass is 10.5. The zero-order valence-corrected chi connectivity index (χ0v) is 6.69. The summed E-state index contributed by atoms with van der Waals surface area (Å²) in [5, 5.41) is 2.11. The van der Waals surface area contributed by atoms with Crippen molar-refractivity contribution in [2.24, 2.45) is 5.22 Å². The van der Waals surface area contributed by atoms with Crippen molar-refractivity contribution in [1.82, 2.24) is 15.3 Å². The maximum absolute atomic E-state index is 11.0. The quantitative estimate of drug-likeness (QED) is 0.509. The molecule has 7 heteroatoms. The highest BCUT2D eigenvalue weighted by molar-refractivity contribution is 7.89. The summed E-state index contributed by atoms with van der Waals surface area (Å²) in [7, 11) is -3.79. The number of nitrogens with zero attached hydrogens (tertiary/aromatic N) is 3. The first-order chi connectivity index (χ1) is 5.67. The Hall–Kier alpha value is -1.50. The molecule has 0 spiro atoms. The van der Waals surface area contributed by atoms with Crippen LogP contribution in [0.25, 0.3) is 0 Å². The van der Waals surface area contributed by atoms with E-state index in [-0.39, 0.29) is 5.03 Å². The molecule has 0 saturated heterocycles. The molecule has 0 atom stereocenters. The molecule has 0 aromatic carbocycles. The summed E-state index contributed by atoms with van der Waals surface area (Å²) in [6, 6.07) is 4.38. The Bertz CT molecular complexity index is 360. The van der Waals surface area contributed by atoms with E-state index in [9.17, 15) is 8.42 Å². The third kappa shape index (κ3) is 1.76. The monoisotopic (exact) mass is 185 g/mol. The van der Waals surface area contributed by atoms with Gasteiger partial charge in [-0.15, -0.1) is 0 Å². The van der Waals surface area contributed by atoms with Crippen LogP contribution in [0.1, 0.15) is 0 Å². The number of hydrogen-bond donors (Lipinski definition) is 1. The lowest BCUT2D eigenvalue weighted by molar-refractivity contribution is 0.578. The van der Waals surface area contributed by atoms with Gasteiger partial charge in [0.05, 0.1) is 0 Å². The van der Waals surface area contributed by atoms with Gasteiger partial charge in [-0.1, -0.05) is 6.07 Å². The van der Waals surface area contributed by atoms with E-state index in [2.05, 4.69) is 10.2 Å². The van der Waals surface area contributed by atoms with Crippen LogP contribution in [0.2, 0.25) is 0 Å². The summed E-state index contributed by atoms with van der Waals surface area (Å²) in [5.74, 6) is 0. The van der Waals surface area contributed by atoms with Crippen molar-refractivity contribution >= 4 is 10.0 Å². The van der Waals surface area contributed by atoms with Gasteiger partial charge < -0.3 is 0 Å². The van der Waals surface area contributed by atoms with E-state index in [1.807, 2.05) is 0 Å². The molecule has 0 unspecified atom stereocenters. The number of aromatic nitrogens is 1. The van der Waals surface area contributed by atoms with Gasteiger partial charge in [0.2, 0.25) is 0 Å². The minimum atomic E-state index is -3.79. The Morgan fingerprint density at radius 2 is 2.25 bits per heavy atom. The van der Waals surface area contributed by atoms with Gasteiger partial charge in [0.15, 0.2) is 5.03 Å². The lowest BCUT2D eigenvalue weighted by Gasteiger charge is -1.98. The van der Waals surface area contributed by atoms with Gasteiger partial charge in [-0.2, -0.15) is 13.2 Å². The standard InChI is InChI=1S/C5H5N4O2S/c6-8-9-12(10,11)5-3-1-2-4-7-5/h1-4,9H. The minimum Gasteiger partial charge on any atom is -0.243 e. The second-order valence-electron chi connectivity index (χ2n) is 1.86. The average molecular weight is 185 g/mol. The fraction of sp³-hybridized carbons (Fsp3) is 0. The van der Waals surface area contributed by atoms with Crippen LogP contribution >= 0.6 is 0 Å². The number of hydrogen-bond acceptors (Lipinski definition) is 4. The van der Waals surface area contributed by atoms with Gasteiger partial charge in [0.25, 0.3) is 10.0 Å². The van der Waals surface area contributed by atoms with Crippen molar-refractivity contribution < 1.29 is 8.42 Å². The second kappa shape index (κ2) is 3.26. The highest BCUT2D eigenvalue weighted by Gasteiger charge is 2.12. The van der Waals surface area contributed by atoms with Crippen LogP contribution in [0.5, 0.6) is 0 Å². The first-order valence-electron chi connectivity index (χ1n) is 2.94. The van der Waals surface area contributed by atoms with Gasteiger partial charge in [-0.05, 0) is 22.9 Å². The molecule has 6 nitrogen and oxygen atoms in total. The SMILES string of the molecule is [N]=NNS(=O)(=O)c1ccccn1. The van der Waals surface area contributed by atoms with Gasteiger partial charge in [-0.3, -0.25) is 0 Å². The van der Waals surface area contributed by atoms with E-state index < -0.39 is 10.0 Å². The van der Waals surface area contributed by atoms with Gasteiger partial charge in [0.1, 0.15) is 0 Å². The van der Waals surface area contributed by atoms with E-state index >= 15 is 0 Å². The normalized spacial score (nSPS) is 10.7. The van der Waals surface area contributed by atoms with Crippen LogP contribution in [0.4, 0.5) is 0 Å². The molecule has 0 saturated carbocycles. The summed E-state index contributed by atoms with van der Waals surface area (Å²) < 4.78 is 22.0. The van der Waals surface area contributed by atoms with Gasteiger partial charge in [0, 0.05) is 6.20 Å². The maximum atomic E-state index is 11.0. The van der Waals surface area contributed by atoms with Crippen LogP contribution in [-0.4, -0.2) is 13.4 Å². The van der Waals surface area contributed by atoms with Crippen LogP contribution in [-0.2, 0) is 10.0 Å². The third-order valence-corrected chi connectivity index (χ3v) is 2.19. The highest BCUT2D eigenvalue weighted by Crippen LogP contribution is 2.01. The molecule has 0 aliphatic rings. The first-order valence-corrected chi connectivity index (χ1v) is 4.42. The summed E-state index contributed by atoms with van der Waals surface area (Å²) in [6.07, 6.45) is 1.33. The van der Waals surface area contributed by atoms with Crippen LogP contribution in [0, 0.1) is 0 Å². The average Bonchev–Trinajstić information content (AvgIpc) is 2.06. The van der Waals surface area contributed by atoms with E-state index in [4.69, 9.17) is 5.53 Å². The van der Waals surface area contributed by atoms with E-state index in [1.165, 1.54) is 23.2 Å². The molecule has 0 fully saturated rings. The van der Waals surface area contributed by atoms with Crippen molar-refractivity contribution in [2.75, 3.05) is 0 Å². The minimum absolute atomic E-state index is 0.192. The number of rotatable bonds is 3. The number of nitrogens with one attached hydrogen (secondary N) is 1. The lowest BCUT2D eigenvalue weighted by Crippen LogP contribution is -2.18. The molecule has 1 aromatic heterocycles. The summed E-state index contributed by atoms with van der Waals surface area (Å²) in [4.78, 5) is 5.08. The van der Waals surface area contributed by atoms with E-state index in [1.54, 1.807) is 6.07 Å². The molecular formula is C5H5N4O2S. The number of pyridine rings is 1. The zero-order valence-electron chi connectivity index (χ0n) is 5.88. The molecule has 0 aliphatic heterocycles. The van der Waals surface area contributed by atoms with Crippen molar-refractivity contribution in [3.8, 4) is 0 Å². The molecule has 0 aliphatic carbocycles. The fourth-order valence-corrected chi connectivity index (χ4v) is 1.26. The second-order valence-corrected chi connectivity index (χ2v) is 3.47. The third-order valence-electron chi connectivity index (χ3n) is 1.07. The molecule has 1 heterocycles. The Balaban J connectivity index is 3.07. The van der Waals surface area contributed by atoms with Crippen molar-refractivity contribution in [2.45, 2.75) is 5.03 Å². The zero-order chi connectivity index (χ0) is 9.03. The Morgan fingerprint density at radius 1 is 1.50 bits per heavy atom. The molecule has 1 radical (unpaired) electrons. The molecule has 1 N–H and O–H groups in total. The molecule has 12 heavy (non-hydrogen) atoms. The van der Waals surface area contributed by atoms with Gasteiger partial charge >= 0.3 is 0 Å². The number of sulfonamides is 1. The Kier molecular flexibility index (Phi) is 2.34. The molecule has 0 amide bonds. The van der Waals surface area contributed by atoms with Crippen molar-refractivity contribution in [3.63, 3.8) is 0 Å². The molecule has 63 valence electrons. The summed E-state index contributed by atoms with van der Waals surface area (Å²) >= 11 is 0.